The smallest absolute Gasteiger partial charge is 0.336 e. The Morgan fingerprint density at radius 1 is 1.03 bits per heavy atom. The van der Waals surface area contributed by atoms with Crippen molar-refractivity contribution in [3.05, 3.63) is 107 Å². The quantitative estimate of drug-likeness (QED) is 0.447. The van der Waals surface area contributed by atoms with E-state index in [1.807, 2.05) is 73.7 Å². The van der Waals surface area contributed by atoms with Gasteiger partial charge in [-0.05, 0) is 62.2 Å². The molecule has 1 aliphatic carbocycles. The van der Waals surface area contributed by atoms with E-state index in [9.17, 15) is 9.59 Å². The first-order valence-electron chi connectivity index (χ1n) is 11.8. The lowest BCUT2D eigenvalue weighted by atomic mass is 9.72. The predicted octanol–water partition coefficient (Wildman–Crippen LogP) is 6.00. The molecule has 5 rings (SSSR count). The van der Waals surface area contributed by atoms with Crippen molar-refractivity contribution in [1.82, 2.24) is 5.32 Å². The summed E-state index contributed by atoms with van der Waals surface area (Å²) in [6.45, 7) is 3.88. The number of hydrogen-bond donors (Lipinski definition) is 1. The van der Waals surface area contributed by atoms with E-state index in [2.05, 4.69) is 5.32 Å². The number of allylic oxidation sites excluding steroid dienone is 3. The van der Waals surface area contributed by atoms with Crippen LogP contribution in [-0.2, 0) is 14.3 Å². The van der Waals surface area contributed by atoms with Gasteiger partial charge >= 0.3 is 5.97 Å². The summed E-state index contributed by atoms with van der Waals surface area (Å²) in [6, 6.07) is 20.8. The zero-order valence-corrected chi connectivity index (χ0v) is 19.7. The molecule has 1 aliphatic heterocycles. The SMILES string of the molecule is CCOC(=O)C1=C(C)NC2=C(C(=O)CC(c3ccco3)C2)C1c1cccc(Oc2ccccc2)c1. The lowest BCUT2D eigenvalue weighted by molar-refractivity contribution is -0.138. The Labute approximate surface area is 204 Å². The number of benzene rings is 2. The van der Waals surface area contributed by atoms with Crippen LogP contribution in [0.1, 0.15) is 49.8 Å². The van der Waals surface area contributed by atoms with Gasteiger partial charge in [0.2, 0.25) is 0 Å². The normalized spacial score (nSPS) is 19.8. The van der Waals surface area contributed by atoms with Crippen molar-refractivity contribution in [2.24, 2.45) is 0 Å². The molecule has 2 heterocycles. The van der Waals surface area contributed by atoms with Crippen molar-refractivity contribution in [3.63, 3.8) is 0 Å². The van der Waals surface area contributed by atoms with E-state index in [0.29, 0.717) is 41.2 Å². The molecule has 3 aromatic rings. The fourth-order valence-electron chi connectivity index (χ4n) is 4.96. The highest BCUT2D eigenvalue weighted by Gasteiger charge is 2.42. The Morgan fingerprint density at radius 2 is 1.83 bits per heavy atom. The van der Waals surface area contributed by atoms with Gasteiger partial charge in [0, 0.05) is 35.2 Å². The monoisotopic (exact) mass is 469 g/mol. The number of carbonyl (C=O) groups is 2. The molecule has 6 heteroatoms. The third-order valence-electron chi connectivity index (χ3n) is 6.44. The topological polar surface area (TPSA) is 77.8 Å². The Kier molecular flexibility index (Phi) is 6.27. The molecule has 2 aromatic carbocycles. The first-order valence-corrected chi connectivity index (χ1v) is 11.8. The minimum absolute atomic E-state index is 0.00571. The summed E-state index contributed by atoms with van der Waals surface area (Å²) in [7, 11) is 0. The van der Waals surface area contributed by atoms with Crippen LogP contribution in [0.4, 0.5) is 0 Å². The van der Waals surface area contributed by atoms with Crippen LogP contribution in [0.2, 0.25) is 0 Å². The van der Waals surface area contributed by atoms with Crippen molar-refractivity contribution in [3.8, 4) is 11.5 Å². The van der Waals surface area contributed by atoms with Gasteiger partial charge in [-0.1, -0.05) is 30.3 Å². The maximum atomic E-state index is 13.6. The number of nitrogens with one attached hydrogen (secondary N) is 1. The van der Waals surface area contributed by atoms with E-state index in [1.165, 1.54) is 0 Å². The minimum atomic E-state index is -0.547. The van der Waals surface area contributed by atoms with Gasteiger partial charge in [-0.3, -0.25) is 4.79 Å². The number of para-hydroxylation sites is 1. The average Bonchev–Trinajstić information content (AvgIpc) is 3.39. The summed E-state index contributed by atoms with van der Waals surface area (Å²) in [5.41, 5.74) is 3.38. The lowest BCUT2D eigenvalue weighted by Gasteiger charge is -2.36. The van der Waals surface area contributed by atoms with Gasteiger partial charge in [-0.2, -0.15) is 0 Å². The number of dihydropyridines is 1. The number of ketones is 1. The van der Waals surface area contributed by atoms with Crippen molar-refractivity contribution >= 4 is 11.8 Å². The second-order valence-electron chi connectivity index (χ2n) is 8.74. The van der Waals surface area contributed by atoms with Crippen molar-refractivity contribution < 1.29 is 23.5 Å². The molecule has 2 atom stereocenters. The number of esters is 1. The number of hydrogen-bond acceptors (Lipinski definition) is 6. The number of rotatable bonds is 6. The lowest BCUT2D eigenvalue weighted by Crippen LogP contribution is -2.36. The highest BCUT2D eigenvalue weighted by molar-refractivity contribution is 6.04. The van der Waals surface area contributed by atoms with Crippen LogP contribution < -0.4 is 10.1 Å². The zero-order valence-electron chi connectivity index (χ0n) is 19.7. The molecular weight excluding hydrogens is 442 g/mol. The summed E-state index contributed by atoms with van der Waals surface area (Å²) in [5, 5.41) is 3.35. The van der Waals surface area contributed by atoms with Gasteiger partial charge in [-0.25, -0.2) is 4.79 Å². The minimum Gasteiger partial charge on any atom is -0.469 e. The van der Waals surface area contributed by atoms with Gasteiger partial charge < -0.3 is 19.2 Å². The van der Waals surface area contributed by atoms with Crippen molar-refractivity contribution in [2.45, 2.75) is 38.5 Å². The molecule has 1 aromatic heterocycles. The number of ether oxygens (including phenoxy) is 2. The number of Topliss-reactive ketones (excluding diaryl/α,β-unsaturated/α-hetero) is 1. The standard InChI is InChI=1S/C29H27NO5/c1-3-33-29(32)26-18(2)30-23-16-20(25-13-8-14-34-25)17-24(31)28(23)27(26)19-9-7-12-22(15-19)35-21-10-5-4-6-11-21/h4-15,20,27,30H,3,16-17H2,1-2H3. The van der Waals surface area contributed by atoms with Crippen LogP contribution in [0.3, 0.4) is 0 Å². The van der Waals surface area contributed by atoms with Gasteiger partial charge in [0.05, 0.1) is 18.4 Å². The van der Waals surface area contributed by atoms with Crippen LogP contribution in [0.5, 0.6) is 11.5 Å². The number of furan rings is 1. The maximum absolute atomic E-state index is 13.6. The molecule has 0 saturated carbocycles. The van der Waals surface area contributed by atoms with Crippen molar-refractivity contribution in [1.29, 1.82) is 0 Å². The molecule has 35 heavy (non-hydrogen) atoms. The highest BCUT2D eigenvalue weighted by Crippen LogP contribution is 2.46. The van der Waals surface area contributed by atoms with E-state index in [-0.39, 0.29) is 18.3 Å². The van der Waals surface area contributed by atoms with Gasteiger partial charge in [0.25, 0.3) is 0 Å². The molecule has 0 bridgehead atoms. The van der Waals surface area contributed by atoms with Gasteiger partial charge in [0.1, 0.15) is 17.3 Å². The third-order valence-corrected chi connectivity index (χ3v) is 6.44. The molecule has 2 unspecified atom stereocenters. The van der Waals surface area contributed by atoms with Crippen LogP contribution in [-0.4, -0.2) is 18.4 Å². The molecule has 0 spiro atoms. The first kappa shape index (κ1) is 22.7. The average molecular weight is 470 g/mol. The number of carbonyl (C=O) groups excluding carboxylic acids is 2. The molecule has 0 saturated heterocycles. The molecule has 0 radical (unpaired) electrons. The molecule has 0 fully saturated rings. The Morgan fingerprint density at radius 3 is 2.57 bits per heavy atom. The largest absolute Gasteiger partial charge is 0.469 e. The Hall–Kier alpha value is -4.06. The van der Waals surface area contributed by atoms with Crippen LogP contribution in [0, 0.1) is 0 Å². The summed E-state index contributed by atoms with van der Waals surface area (Å²) < 4.78 is 17.1. The van der Waals surface area contributed by atoms with Gasteiger partial charge in [-0.15, -0.1) is 0 Å². The maximum Gasteiger partial charge on any atom is 0.336 e. The van der Waals surface area contributed by atoms with Gasteiger partial charge in [0.15, 0.2) is 5.78 Å². The summed E-state index contributed by atoms with van der Waals surface area (Å²) in [4.78, 5) is 26.7. The summed E-state index contributed by atoms with van der Waals surface area (Å²) >= 11 is 0. The fourth-order valence-corrected chi connectivity index (χ4v) is 4.96. The third kappa shape index (κ3) is 4.52. The second kappa shape index (κ2) is 9.66. The molecular formula is C29H27NO5. The van der Waals surface area contributed by atoms with Crippen molar-refractivity contribution in [2.75, 3.05) is 6.61 Å². The van der Waals surface area contributed by atoms with E-state index in [4.69, 9.17) is 13.9 Å². The molecule has 1 N–H and O–H groups in total. The zero-order chi connectivity index (χ0) is 24.4. The highest BCUT2D eigenvalue weighted by atomic mass is 16.5. The van der Waals surface area contributed by atoms with E-state index >= 15 is 0 Å². The fraction of sp³-hybridized carbons (Fsp3) is 0.241. The van der Waals surface area contributed by atoms with Crippen LogP contribution >= 0.6 is 0 Å². The van der Waals surface area contributed by atoms with E-state index < -0.39 is 11.9 Å². The summed E-state index contributed by atoms with van der Waals surface area (Å²) in [6.07, 6.45) is 2.57. The van der Waals surface area contributed by atoms with Crippen LogP contribution in [0.15, 0.2) is 100.0 Å². The van der Waals surface area contributed by atoms with Crippen LogP contribution in [0.25, 0.3) is 0 Å². The molecule has 0 amide bonds. The Balaban J connectivity index is 1.57. The van der Waals surface area contributed by atoms with E-state index in [0.717, 1.165) is 17.0 Å². The molecule has 6 nitrogen and oxygen atoms in total. The second-order valence-corrected chi connectivity index (χ2v) is 8.74. The Bertz CT molecular complexity index is 1300. The molecule has 2 aliphatic rings. The first-order chi connectivity index (χ1) is 17.0. The molecule has 178 valence electrons. The predicted molar refractivity (Wildman–Crippen MR) is 131 cm³/mol. The summed E-state index contributed by atoms with van der Waals surface area (Å²) in [5.74, 6) is 1.11. The van der Waals surface area contributed by atoms with E-state index in [1.54, 1.807) is 13.2 Å².